The summed E-state index contributed by atoms with van der Waals surface area (Å²) in [5.74, 6) is 0.155. The Labute approximate surface area is 214 Å². The summed E-state index contributed by atoms with van der Waals surface area (Å²) in [5, 5.41) is 3.16. The van der Waals surface area contributed by atoms with Gasteiger partial charge in [-0.25, -0.2) is 8.42 Å². The smallest absolute Gasteiger partial charge is 0.229 e. The number of amides is 1. The van der Waals surface area contributed by atoms with Gasteiger partial charge in [-0.1, -0.05) is 51.1 Å². The van der Waals surface area contributed by atoms with Gasteiger partial charge in [-0.3, -0.25) is 14.5 Å². The molecule has 1 saturated carbocycles. The molecule has 2 N–H and O–H groups in total. The first-order valence-electron chi connectivity index (χ1n) is 12.3. The van der Waals surface area contributed by atoms with Crippen LogP contribution >= 0.6 is 0 Å². The molecule has 0 aliphatic heterocycles. The predicted molar refractivity (Wildman–Crippen MR) is 145 cm³/mol. The number of benzene rings is 2. The van der Waals surface area contributed by atoms with Crippen LogP contribution in [0.15, 0.2) is 60.9 Å². The van der Waals surface area contributed by atoms with Crippen LogP contribution in [0, 0.1) is 12.8 Å². The lowest BCUT2D eigenvalue weighted by atomic mass is 9.83. The number of sulfonamides is 1. The van der Waals surface area contributed by atoms with Gasteiger partial charge >= 0.3 is 0 Å². The van der Waals surface area contributed by atoms with Crippen molar-refractivity contribution in [2.24, 2.45) is 5.92 Å². The van der Waals surface area contributed by atoms with Crippen LogP contribution in [0.1, 0.15) is 68.3 Å². The SMILES string of the molecule is Cc1cc(C(C)NC(=O)[C@@H]2CC2c2ccc(C(C)(C)C)cc2-c2ccncc2)ccc1NS(C)(=O)=O. The fraction of sp³-hybridized carbons (Fsp3) is 0.379. The minimum Gasteiger partial charge on any atom is -0.349 e. The van der Waals surface area contributed by atoms with Gasteiger partial charge in [0, 0.05) is 18.3 Å². The van der Waals surface area contributed by atoms with E-state index < -0.39 is 10.0 Å². The van der Waals surface area contributed by atoms with Gasteiger partial charge in [-0.05, 0) is 83.2 Å². The normalized spacial score (nSPS) is 18.4. The van der Waals surface area contributed by atoms with E-state index in [1.807, 2.05) is 38.1 Å². The monoisotopic (exact) mass is 505 g/mol. The highest BCUT2D eigenvalue weighted by atomic mass is 32.2. The second-order valence-corrected chi connectivity index (χ2v) is 12.7. The Kier molecular flexibility index (Phi) is 6.97. The van der Waals surface area contributed by atoms with Gasteiger partial charge in [0.1, 0.15) is 0 Å². The second-order valence-electron chi connectivity index (χ2n) is 10.9. The van der Waals surface area contributed by atoms with Crippen LogP contribution in [0.2, 0.25) is 0 Å². The minimum atomic E-state index is -3.35. The van der Waals surface area contributed by atoms with E-state index >= 15 is 0 Å². The number of nitrogens with one attached hydrogen (secondary N) is 2. The zero-order valence-electron chi connectivity index (χ0n) is 21.8. The van der Waals surface area contributed by atoms with Crippen molar-refractivity contribution < 1.29 is 13.2 Å². The molecule has 7 heteroatoms. The molecule has 0 bridgehead atoms. The molecule has 3 aromatic rings. The largest absolute Gasteiger partial charge is 0.349 e. The van der Waals surface area contributed by atoms with Crippen molar-refractivity contribution in [3.8, 4) is 11.1 Å². The van der Waals surface area contributed by atoms with E-state index in [0.29, 0.717) is 5.69 Å². The van der Waals surface area contributed by atoms with Crippen LogP contribution in [0.25, 0.3) is 11.1 Å². The maximum Gasteiger partial charge on any atom is 0.229 e. The molecule has 0 saturated heterocycles. The van der Waals surface area contributed by atoms with Gasteiger partial charge in [0.25, 0.3) is 0 Å². The van der Waals surface area contributed by atoms with Crippen LogP contribution in [-0.2, 0) is 20.2 Å². The summed E-state index contributed by atoms with van der Waals surface area (Å²) in [7, 11) is -3.35. The molecule has 1 aliphatic carbocycles. The van der Waals surface area contributed by atoms with Crippen molar-refractivity contribution in [3.63, 3.8) is 0 Å². The Hall–Kier alpha value is -3.19. The molecule has 1 aromatic heterocycles. The number of nitrogens with zero attached hydrogens (tertiary/aromatic N) is 1. The molecular weight excluding hydrogens is 470 g/mol. The quantitative estimate of drug-likeness (QED) is 0.431. The first-order chi connectivity index (χ1) is 16.8. The molecule has 0 spiro atoms. The zero-order chi connectivity index (χ0) is 26.3. The summed E-state index contributed by atoms with van der Waals surface area (Å²) in [4.78, 5) is 17.3. The van der Waals surface area contributed by atoms with Gasteiger partial charge in [0.2, 0.25) is 15.9 Å². The van der Waals surface area contributed by atoms with Crippen molar-refractivity contribution >= 4 is 21.6 Å². The third kappa shape index (κ3) is 5.95. The number of hydrogen-bond donors (Lipinski definition) is 2. The number of aryl methyl sites for hydroxylation is 1. The summed E-state index contributed by atoms with van der Waals surface area (Å²) in [6.07, 6.45) is 5.56. The molecule has 190 valence electrons. The molecule has 3 atom stereocenters. The maximum absolute atomic E-state index is 13.2. The Morgan fingerprint density at radius 3 is 2.36 bits per heavy atom. The average Bonchev–Trinajstić information content (AvgIpc) is 3.60. The predicted octanol–water partition coefficient (Wildman–Crippen LogP) is 5.71. The minimum absolute atomic E-state index is 0.0284. The van der Waals surface area contributed by atoms with E-state index in [1.165, 1.54) is 16.7 Å². The number of carbonyl (C=O) groups is 1. The standard InChI is InChI=1S/C29H35N3O3S/c1-18-15-21(7-10-27(18)32-36(6,34)35)19(2)31-28(33)26-17-25(26)23-9-8-22(29(3,4)5)16-24(23)20-11-13-30-14-12-20/h7-16,19,25-26,32H,17H2,1-6H3,(H,31,33)/t19?,25?,26-/m1/s1. The highest BCUT2D eigenvalue weighted by molar-refractivity contribution is 7.92. The fourth-order valence-electron chi connectivity index (χ4n) is 4.63. The van der Waals surface area contributed by atoms with Crippen molar-refractivity contribution in [1.82, 2.24) is 10.3 Å². The highest BCUT2D eigenvalue weighted by Crippen LogP contribution is 2.51. The van der Waals surface area contributed by atoms with E-state index in [4.69, 9.17) is 0 Å². The van der Waals surface area contributed by atoms with Crippen LogP contribution in [0.4, 0.5) is 5.69 Å². The van der Waals surface area contributed by atoms with Crippen LogP contribution in [0.5, 0.6) is 0 Å². The highest BCUT2D eigenvalue weighted by Gasteiger charge is 2.45. The Balaban J connectivity index is 1.50. The van der Waals surface area contributed by atoms with E-state index in [9.17, 15) is 13.2 Å². The summed E-state index contributed by atoms with van der Waals surface area (Å²) in [5.41, 5.74) is 7.07. The van der Waals surface area contributed by atoms with Gasteiger partial charge in [0.05, 0.1) is 18.0 Å². The molecule has 1 heterocycles. The zero-order valence-corrected chi connectivity index (χ0v) is 22.6. The summed E-state index contributed by atoms with van der Waals surface area (Å²) in [6.45, 7) is 10.4. The van der Waals surface area contributed by atoms with Crippen LogP contribution < -0.4 is 10.0 Å². The number of carbonyl (C=O) groups excluding carboxylic acids is 1. The first kappa shape index (κ1) is 25.9. The summed E-state index contributed by atoms with van der Waals surface area (Å²) >= 11 is 0. The molecule has 36 heavy (non-hydrogen) atoms. The van der Waals surface area contributed by atoms with E-state index in [2.05, 4.69) is 54.0 Å². The lowest BCUT2D eigenvalue weighted by Gasteiger charge is -2.22. The van der Waals surface area contributed by atoms with Crippen LogP contribution in [-0.4, -0.2) is 25.6 Å². The van der Waals surface area contributed by atoms with Crippen molar-refractivity contribution in [2.75, 3.05) is 11.0 Å². The molecule has 2 aromatic carbocycles. The fourth-order valence-corrected chi connectivity index (χ4v) is 5.26. The van der Waals surface area contributed by atoms with Crippen molar-refractivity contribution in [2.45, 2.75) is 58.4 Å². The lowest BCUT2D eigenvalue weighted by Crippen LogP contribution is -2.28. The molecular formula is C29H35N3O3S. The molecule has 2 unspecified atom stereocenters. The molecule has 4 rings (SSSR count). The third-order valence-corrected chi connectivity index (χ3v) is 7.43. The maximum atomic E-state index is 13.2. The van der Waals surface area contributed by atoms with Crippen LogP contribution in [0.3, 0.4) is 0 Å². The Morgan fingerprint density at radius 2 is 1.75 bits per heavy atom. The number of aromatic nitrogens is 1. The van der Waals surface area contributed by atoms with Gasteiger partial charge in [0.15, 0.2) is 0 Å². The molecule has 1 fully saturated rings. The topological polar surface area (TPSA) is 88.2 Å². The number of pyridine rings is 1. The number of hydrogen-bond acceptors (Lipinski definition) is 4. The van der Waals surface area contributed by atoms with Crippen molar-refractivity contribution in [1.29, 1.82) is 0 Å². The van der Waals surface area contributed by atoms with E-state index in [0.717, 1.165) is 29.4 Å². The lowest BCUT2D eigenvalue weighted by molar-refractivity contribution is -0.123. The number of rotatable bonds is 7. The molecule has 0 radical (unpaired) electrons. The molecule has 6 nitrogen and oxygen atoms in total. The first-order valence-corrected chi connectivity index (χ1v) is 14.2. The van der Waals surface area contributed by atoms with Gasteiger partial charge in [-0.15, -0.1) is 0 Å². The van der Waals surface area contributed by atoms with E-state index in [1.54, 1.807) is 18.5 Å². The molecule has 1 aliphatic rings. The van der Waals surface area contributed by atoms with E-state index in [-0.39, 0.29) is 29.2 Å². The molecule has 1 amide bonds. The summed E-state index contributed by atoms with van der Waals surface area (Å²) in [6, 6.07) is 16.0. The third-order valence-electron chi connectivity index (χ3n) is 6.84. The van der Waals surface area contributed by atoms with Gasteiger partial charge < -0.3 is 5.32 Å². The second kappa shape index (κ2) is 9.69. The Morgan fingerprint density at radius 1 is 1.06 bits per heavy atom. The Bertz CT molecular complexity index is 1380. The van der Waals surface area contributed by atoms with Gasteiger partial charge in [-0.2, -0.15) is 0 Å². The number of anilines is 1. The summed E-state index contributed by atoms with van der Waals surface area (Å²) < 4.78 is 25.6. The van der Waals surface area contributed by atoms with Crippen molar-refractivity contribution in [3.05, 3.63) is 83.2 Å². The average molecular weight is 506 g/mol.